The Morgan fingerprint density at radius 1 is 1.43 bits per heavy atom. The largest absolute Gasteiger partial charge is 0.492 e. The summed E-state index contributed by atoms with van der Waals surface area (Å²) in [5, 5.41) is 22.0. The monoisotopic (exact) mass is 328 g/mol. The third kappa shape index (κ3) is 1.80. The third-order valence-corrected chi connectivity index (χ3v) is 5.78. The molecule has 1 atom stereocenters. The van der Waals surface area contributed by atoms with Crippen molar-refractivity contribution in [3.05, 3.63) is 22.7 Å². The van der Waals surface area contributed by atoms with Crippen LogP contribution in [-0.4, -0.2) is 33.2 Å². The summed E-state index contributed by atoms with van der Waals surface area (Å²) >= 11 is 1.49. The number of carbonyl (C=O) groups excluding carboxylic acids is 1. The molecule has 0 unspecified atom stereocenters. The lowest BCUT2D eigenvalue weighted by Crippen LogP contribution is -2.34. The molecule has 7 heteroatoms. The molecule has 1 aliphatic heterocycles. The second kappa shape index (κ2) is 4.38. The van der Waals surface area contributed by atoms with Gasteiger partial charge in [0.25, 0.3) is 5.91 Å². The summed E-state index contributed by atoms with van der Waals surface area (Å²) in [6.07, 6.45) is 4.03. The Hall–Kier alpha value is -2.28. The smallest absolute Gasteiger partial charge is 0.263 e. The zero-order valence-electron chi connectivity index (χ0n) is 12.6. The molecule has 6 nitrogen and oxygen atoms in total. The number of fused-ring (bicyclic) bond motifs is 5. The van der Waals surface area contributed by atoms with Gasteiger partial charge in [0.15, 0.2) is 0 Å². The molecule has 3 aromatic heterocycles. The predicted molar refractivity (Wildman–Crippen MR) is 89.6 cm³/mol. The number of nitrogens with one attached hydrogen (secondary N) is 2. The van der Waals surface area contributed by atoms with Gasteiger partial charge in [0, 0.05) is 34.4 Å². The van der Waals surface area contributed by atoms with E-state index in [2.05, 4.69) is 15.7 Å². The molecule has 1 aliphatic carbocycles. The molecule has 3 N–H and O–H groups in total. The summed E-state index contributed by atoms with van der Waals surface area (Å²) in [5.74, 6) is 0.465. The molecule has 0 bridgehead atoms. The van der Waals surface area contributed by atoms with E-state index in [1.807, 2.05) is 19.2 Å². The molecule has 0 saturated heterocycles. The molecule has 4 heterocycles. The standard InChI is InChI=1S/C16H16N4O2S/c1-7-6-17-12-11-9(23-14(12)16(22)18-7)4-5-20-13(11)10(8-2-3-8)15(21)19-20/h4-5,7-8,17H,2-3,6H2,1H3,(H,18,22)(H,19,21)/t7-/m1/s1. The van der Waals surface area contributed by atoms with E-state index in [1.54, 1.807) is 4.52 Å². The van der Waals surface area contributed by atoms with E-state index < -0.39 is 0 Å². The van der Waals surface area contributed by atoms with Gasteiger partial charge in [-0.15, -0.1) is 16.4 Å². The molecule has 1 amide bonds. The first-order chi connectivity index (χ1) is 11.1. The number of thiophene rings is 1. The summed E-state index contributed by atoms with van der Waals surface area (Å²) < 4.78 is 2.79. The van der Waals surface area contributed by atoms with Crippen LogP contribution in [0.15, 0.2) is 12.3 Å². The molecular formula is C16H16N4O2S. The number of hydrogen-bond donors (Lipinski definition) is 3. The van der Waals surface area contributed by atoms with Gasteiger partial charge in [0.05, 0.1) is 11.2 Å². The van der Waals surface area contributed by atoms with Crippen LogP contribution in [0.4, 0.5) is 5.69 Å². The van der Waals surface area contributed by atoms with Crippen LogP contribution >= 0.6 is 11.3 Å². The lowest BCUT2D eigenvalue weighted by Gasteiger charge is -2.09. The number of nitrogens with zero attached hydrogens (tertiary/aromatic N) is 2. The van der Waals surface area contributed by atoms with Crippen molar-refractivity contribution in [2.24, 2.45) is 0 Å². The fourth-order valence-corrected chi connectivity index (χ4v) is 4.48. The molecule has 1 saturated carbocycles. The summed E-state index contributed by atoms with van der Waals surface area (Å²) in [6.45, 7) is 2.67. The Labute approximate surface area is 136 Å². The van der Waals surface area contributed by atoms with Crippen LogP contribution in [0.2, 0.25) is 0 Å². The van der Waals surface area contributed by atoms with Crippen molar-refractivity contribution in [2.45, 2.75) is 31.7 Å². The Kier molecular flexibility index (Phi) is 2.51. The summed E-state index contributed by atoms with van der Waals surface area (Å²) in [5.41, 5.74) is 2.74. The van der Waals surface area contributed by atoms with Gasteiger partial charge in [-0.25, -0.2) is 4.52 Å². The van der Waals surface area contributed by atoms with Gasteiger partial charge < -0.3 is 15.7 Å². The topological polar surface area (TPSA) is 78.7 Å². The summed E-state index contributed by atoms with van der Waals surface area (Å²) in [7, 11) is 0. The van der Waals surface area contributed by atoms with E-state index in [4.69, 9.17) is 0 Å². The average Bonchev–Trinajstić information content (AvgIpc) is 3.21. The van der Waals surface area contributed by atoms with E-state index in [1.165, 1.54) is 11.3 Å². The van der Waals surface area contributed by atoms with E-state index in [0.29, 0.717) is 17.3 Å². The zero-order valence-corrected chi connectivity index (χ0v) is 13.4. The minimum atomic E-state index is -0.0337. The van der Waals surface area contributed by atoms with Crippen LogP contribution in [-0.2, 0) is 0 Å². The van der Waals surface area contributed by atoms with E-state index >= 15 is 0 Å². The quantitative estimate of drug-likeness (QED) is 0.642. The third-order valence-electron chi connectivity index (χ3n) is 4.62. The average molecular weight is 328 g/mol. The molecule has 5 rings (SSSR count). The van der Waals surface area contributed by atoms with E-state index in [-0.39, 0.29) is 17.8 Å². The van der Waals surface area contributed by atoms with Crippen LogP contribution in [0.25, 0.3) is 15.6 Å². The highest BCUT2D eigenvalue weighted by atomic mass is 32.1. The van der Waals surface area contributed by atoms with Gasteiger partial charge in [0.2, 0.25) is 5.88 Å². The minimum absolute atomic E-state index is 0.0337. The van der Waals surface area contributed by atoms with Gasteiger partial charge in [0.1, 0.15) is 4.88 Å². The zero-order chi connectivity index (χ0) is 15.7. The molecule has 118 valence electrons. The molecule has 2 aliphatic rings. The van der Waals surface area contributed by atoms with Crippen molar-refractivity contribution in [3.8, 4) is 5.88 Å². The van der Waals surface area contributed by atoms with E-state index in [0.717, 1.165) is 39.7 Å². The molecular weight excluding hydrogens is 312 g/mol. The maximum atomic E-state index is 12.4. The van der Waals surface area contributed by atoms with Gasteiger partial charge in [-0.3, -0.25) is 4.79 Å². The number of carbonyl (C=O) groups is 1. The predicted octanol–water partition coefficient (Wildman–Crippen LogP) is 2.68. The van der Waals surface area contributed by atoms with E-state index in [9.17, 15) is 9.90 Å². The number of aromatic nitrogens is 2. The number of pyridine rings is 1. The number of aromatic hydroxyl groups is 1. The highest BCUT2D eigenvalue weighted by molar-refractivity contribution is 7.21. The van der Waals surface area contributed by atoms with Crippen LogP contribution in [0.3, 0.4) is 0 Å². The number of hydrogen-bond acceptors (Lipinski definition) is 5. The molecule has 0 aromatic carbocycles. The van der Waals surface area contributed by atoms with Crippen molar-refractivity contribution in [1.82, 2.24) is 14.9 Å². The number of rotatable bonds is 1. The van der Waals surface area contributed by atoms with Gasteiger partial charge in [-0.05, 0) is 31.7 Å². The minimum Gasteiger partial charge on any atom is -0.492 e. The second-order valence-corrected chi connectivity index (χ2v) is 7.47. The highest BCUT2D eigenvalue weighted by Crippen LogP contribution is 2.49. The number of amides is 1. The molecule has 23 heavy (non-hydrogen) atoms. The van der Waals surface area contributed by atoms with Gasteiger partial charge >= 0.3 is 0 Å². The molecule has 0 radical (unpaired) electrons. The Bertz CT molecular complexity index is 970. The fourth-order valence-electron chi connectivity index (χ4n) is 3.40. The Balaban J connectivity index is 1.89. The number of anilines is 1. The van der Waals surface area contributed by atoms with Crippen LogP contribution in [0.5, 0.6) is 5.88 Å². The van der Waals surface area contributed by atoms with Crippen molar-refractivity contribution in [2.75, 3.05) is 11.9 Å². The summed E-state index contributed by atoms with van der Waals surface area (Å²) in [6, 6.07) is 2.04. The molecule has 1 fully saturated rings. The first-order valence-electron chi connectivity index (χ1n) is 7.85. The first kappa shape index (κ1) is 13.2. The first-order valence-corrected chi connectivity index (χ1v) is 8.66. The lowest BCUT2D eigenvalue weighted by atomic mass is 10.1. The highest BCUT2D eigenvalue weighted by Gasteiger charge is 2.33. The van der Waals surface area contributed by atoms with Crippen LogP contribution < -0.4 is 10.6 Å². The van der Waals surface area contributed by atoms with Crippen molar-refractivity contribution in [1.29, 1.82) is 0 Å². The molecule has 3 aromatic rings. The molecule has 0 spiro atoms. The maximum Gasteiger partial charge on any atom is 0.263 e. The normalized spacial score (nSPS) is 21.1. The SMILES string of the molecule is C[C@@H]1CNc2c(sc3ccn4nc(O)c(C5CC5)c4c23)C(=O)N1. The lowest BCUT2D eigenvalue weighted by molar-refractivity contribution is 0.0949. The van der Waals surface area contributed by atoms with Crippen LogP contribution in [0.1, 0.15) is 40.9 Å². The van der Waals surface area contributed by atoms with Crippen LogP contribution in [0, 0.1) is 0 Å². The van der Waals surface area contributed by atoms with Gasteiger partial charge in [-0.1, -0.05) is 0 Å². The second-order valence-electron chi connectivity index (χ2n) is 6.42. The fraction of sp³-hybridized carbons (Fsp3) is 0.375. The Morgan fingerprint density at radius 3 is 3.04 bits per heavy atom. The Morgan fingerprint density at radius 2 is 2.26 bits per heavy atom. The maximum absolute atomic E-state index is 12.4. The van der Waals surface area contributed by atoms with Crippen molar-refractivity contribution >= 4 is 38.5 Å². The summed E-state index contributed by atoms with van der Waals surface area (Å²) in [4.78, 5) is 13.2. The van der Waals surface area contributed by atoms with Gasteiger partial charge in [-0.2, -0.15) is 0 Å². The van der Waals surface area contributed by atoms with Crippen molar-refractivity contribution < 1.29 is 9.90 Å². The van der Waals surface area contributed by atoms with Crippen molar-refractivity contribution in [3.63, 3.8) is 0 Å².